The Morgan fingerprint density at radius 3 is 0.789 bits per heavy atom. The maximum absolute atomic E-state index is 8.56. The van der Waals surface area contributed by atoms with Gasteiger partial charge in [-0.2, -0.15) is 0 Å². The SMILES string of the molecule is OCCOCCOCCOCCOCCOCCOCCOCCOCCOCCOCCCCCCCl. The number of rotatable bonds is 35. The minimum atomic E-state index is 0.0287. The summed E-state index contributed by atoms with van der Waals surface area (Å²) >= 11 is 5.64. The highest BCUT2D eigenvalue weighted by atomic mass is 35.5. The Labute approximate surface area is 234 Å². The predicted octanol–water partition coefficient (Wildman–Crippen LogP) is 1.94. The molecule has 0 amide bonds. The molecule has 0 saturated carbocycles. The lowest BCUT2D eigenvalue weighted by Crippen LogP contribution is -2.15. The molecule has 0 aromatic carbocycles. The molecule has 0 saturated heterocycles. The average molecular weight is 577 g/mol. The number of aliphatic hydroxyl groups excluding tert-OH is 1. The van der Waals surface area contributed by atoms with Crippen LogP contribution in [0.15, 0.2) is 0 Å². The Bertz CT molecular complexity index is 375. The largest absolute Gasteiger partial charge is 0.394 e. The maximum Gasteiger partial charge on any atom is 0.0701 e. The number of hydrogen-bond acceptors (Lipinski definition) is 11. The van der Waals surface area contributed by atoms with Gasteiger partial charge in [-0.1, -0.05) is 12.8 Å². The van der Waals surface area contributed by atoms with Gasteiger partial charge in [-0.25, -0.2) is 0 Å². The van der Waals surface area contributed by atoms with E-state index in [1.807, 2.05) is 0 Å². The molecule has 11 nitrogen and oxygen atoms in total. The second kappa shape index (κ2) is 36.8. The van der Waals surface area contributed by atoms with E-state index in [0.717, 1.165) is 25.3 Å². The molecule has 0 unspecified atom stereocenters. The second-order valence-electron chi connectivity index (χ2n) is 7.95. The number of ether oxygens (including phenoxy) is 10. The van der Waals surface area contributed by atoms with Gasteiger partial charge in [0.1, 0.15) is 0 Å². The van der Waals surface area contributed by atoms with Crippen LogP contribution in [0.25, 0.3) is 0 Å². The summed E-state index contributed by atoms with van der Waals surface area (Å²) in [5, 5.41) is 8.56. The summed E-state index contributed by atoms with van der Waals surface area (Å²) in [5.74, 6) is 0.744. The van der Waals surface area contributed by atoms with Crippen LogP contribution in [0.4, 0.5) is 0 Å². The van der Waals surface area contributed by atoms with Crippen molar-refractivity contribution in [2.75, 3.05) is 145 Å². The molecule has 0 atom stereocenters. The molecule has 0 aromatic heterocycles. The fourth-order valence-corrected chi connectivity index (χ4v) is 2.99. The lowest BCUT2D eigenvalue weighted by Gasteiger charge is -2.09. The van der Waals surface area contributed by atoms with Crippen LogP contribution in [-0.4, -0.2) is 150 Å². The van der Waals surface area contributed by atoms with Crippen molar-refractivity contribution in [3.8, 4) is 0 Å². The summed E-state index contributed by atoms with van der Waals surface area (Å²) in [6, 6.07) is 0. The molecular weight excluding hydrogens is 524 g/mol. The minimum absolute atomic E-state index is 0.0287. The smallest absolute Gasteiger partial charge is 0.0701 e. The Morgan fingerprint density at radius 2 is 0.526 bits per heavy atom. The number of aliphatic hydroxyl groups is 1. The van der Waals surface area contributed by atoms with Crippen LogP contribution in [0.3, 0.4) is 0 Å². The van der Waals surface area contributed by atoms with Gasteiger partial charge in [-0.15, -0.1) is 11.6 Å². The minimum Gasteiger partial charge on any atom is -0.394 e. The molecule has 12 heteroatoms. The molecule has 230 valence electrons. The third-order valence-corrected chi connectivity index (χ3v) is 5.02. The summed E-state index contributed by atoms with van der Waals surface area (Å²) < 4.78 is 54.0. The van der Waals surface area contributed by atoms with Crippen LogP contribution in [0.2, 0.25) is 0 Å². The summed E-state index contributed by atoms with van der Waals surface area (Å²) in [4.78, 5) is 0. The topological polar surface area (TPSA) is 113 Å². The van der Waals surface area contributed by atoms with Crippen LogP contribution >= 0.6 is 11.6 Å². The zero-order valence-corrected chi connectivity index (χ0v) is 24.0. The van der Waals surface area contributed by atoms with Gasteiger partial charge in [0.2, 0.25) is 0 Å². The number of unbranched alkanes of at least 4 members (excludes halogenated alkanes) is 3. The maximum atomic E-state index is 8.56. The molecular formula is C26H53ClO11. The molecule has 0 aliphatic rings. The lowest BCUT2D eigenvalue weighted by atomic mass is 10.2. The van der Waals surface area contributed by atoms with Crippen LogP contribution < -0.4 is 0 Å². The normalized spacial score (nSPS) is 11.5. The molecule has 38 heavy (non-hydrogen) atoms. The molecule has 0 fully saturated rings. The van der Waals surface area contributed by atoms with Gasteiger partial charge in [0, 0.05) is 12.5 Å². The van der Waals surface area contributed by atoms with Crippen LogP contribution in [0.5, 0.6) is 0 Å². The Balaban J connectivity index is 3.01. The number of halogens is 1. The molecule has 0 radical (unpaired) electrons. The van der Waals surface area contributed by atoms with E-state index in [4.69, 9.17) is 64.1 Å². The lowest BCUT2D eigenvalue weighted by molar-refractivity contribution is -0.0268. The summed E-state index contributed by atoms with van der Waals surface area (Å²) in [5.41, 5.74) is 0. The van der Waals surface area contributed by atoms with Gasteiger partial charge in [0.25, 0.3) is 0 Å². The second-order valence-corrected chi connectivity index (χ2v) is 8.33. The van der Waals surface area contributed by atoms with E-state index in [1.54, 1.807) is 0 Å². The molecule has 0 aliphatic carbocycles. The van der Waals surface area contributed by atoms with E-state index in [9.17, 15) is 0 Å². The van der Waals surface area contributed by atoms with Gasteiger partial charge < -0.3 is 52.5 Å². The molecule has 0 heterocycles. The van der Waals surface area contributed by atoms with Gasteiger partial charge in [-0.3, -0.25) is 0 Å². The van der Waals surface area contributed by atoms with Crippen molar-refractivity contribution in [1.29, 1.82) is 0 Å². The van der Waals surface area contributed by atoms with E-state index in [-0.39, 0.29) is 6.61 Å². The van der Waals surface area contributed by atoms with E-state index < -0.39 is 0 Å². The van der Waals surface area contributed by atoms with Crippen LogP contribution in [0.1, 0.15) is 25.7 Å². The summed E-state index contributed by atoms with van der Waals surface area (Å²) in [7, 11) is 0. The summed E-state index contributed by atoms with van der Waals surface area (Å²) in [6.45, 7) is 10.6. The zero-order valence-electron chi connectivity index (χ0n) is 23.3. The highest BCUT2D eigenvalue weighted by molar-refractivity contribution is 6.17. The standard InChI is InChI=1S/C26H53ClO11/c27-5-3-1-2-4-7-29-9-11-31-13-15-33-17-19-35-21-23-37-25-26-38-24-22-36-20-18-34-16-14-32-12-10-30-8-6-28/h28H,1-26H2. The van der Waals surface area contributed by atoms with E-state index in [2.05, 4.69) is 0 Å². The molecule has 0 bridgehead atoms. The molecule has 1 N–H and O–H groups in total. The van der Waals surface area contributed by atoms with Crippen molar-refractivity contribution in [1.82, 2.24) is 0 Å². The van der Waals surface area contributed by atoms with Crippen molar-refractivity contribution in [2.45, 2.75) is 25.7 Å². The molecule has 0 rings (SSSR count). The third kappa shape index (κ3) is 35.9. The first kappa shape index (κ1) is 37.9. The predicted molar refractivity (Wildman–Crippen MR) is 144 cm³/mol. The van der Waals surface area contributed by atoms with Crippen molar-refractivity contribution in [2.24, 2.45) is 0 Å². The Morgan fingerprint density at radius 1 is 0.289 bits per heavy atom. The molecule has 0 spiro atoms. The molecule has 0 aliphatic heterocycles. The van der Waals surface area contributed by atoms with Crippen molar-refractivity contribution >= 4 is 11.6 Å². The first-order valence-corrected chi connectivity index (χ1v) is 14.4. The van der Waals surface area contributed by atoms with E-state index in [0.29, 0.717) is 126 Å². The fourth-order valence-electron chi connectivity index (χ4n) is 2.80. The fraction of sp³-hybridized carbons (Fsp3) is 1.00. The first-order valence-electron chi connectivity index (χ1n) is 13.9. The Hall–Kier alpha value is -0.150. The van der Waals surface area contributed by atoms with Gasteiger partial charge in [-0.05, 0) is 12.8 Å². The highest BCUT2D eigenvalue weighted by Crippen LogP contribution is 2.01. The van der Waals surface area contributed by atoms with Crippen molar-refractivity contribution < 1.29 is 52.5 Å². The van der Waals surface area contributed by atoms with E-state index >= 15 is 0 Å². The average Bonchev–Trinajstić information content (AvgIpc) is 2.93. The van der Waals surface area contributed by atoms with Gasteiger partial charge >= 0.3 is 0 Å². The van der Waals surface area contributed by atoms with Crippen LogP contribution in [-0.2, 0) is 47.4 Å². The first-order chi connectivity index (χ1) is 18.9. The highest BCUT2D eigenvalue weighted by Gasteiger charge is 1.96. The van der Waals surface area contributed by atoms with Crippen molar-refractivity contribution in [3.63, 3.8) is 0 Å². The monoisotopic (exact) mass is 576 g/mol. The van der Waals surface area contributed by atoms with Gasteiger partial charge in [0.05, 0.1) is 132 Å². The quantitative estimate of drug-likeness (QED) is 0.0882. The third-order valence-electron chi connectivity index (χ3n) is 4.76. The number of alkyl halides is 1. The zero-order chi connectivity index (χ0) is 27.5. The summed E-state index contributed by atoms with van der Waals surface area (Å²) in [6.07, 6.45) is 4.50. The molecule has 0 aromatic rings. The number of hydrogen-bond donors (Lipinski definition) is 1. The Kier molecular flexibility index (Phi) is 36.7. The van der Waals surface area contributed by atoms with Crippen LogP contribution in [0, 0.1) is 0 Å². The van der Waals surface area contributed by atoms with E-state index in [1.165, 1.54) is 12.8 Å². The van der Waals surface area contributed by atoms with Crippen molar-refractivity contribution in [3.05, 3.63) is 0 Å². The van der Waals surface area contributed by atoms with Gasteiger partial charge in [0.15, 0.2) is 0 Å².